The quantitative estimate of drug-likeness (QED) is 0.743. The fourth-order valence-electron chi connectivity index (χ4n) is 3.10. The van der Waals surface area contributed by atoms with E-state index in [1.165, 1.54) is 41.5 Å². The second kappa shape index (κ2) is 8.22. The van der Waals surface area contributed by atoms with Crippen LogP contribution in [0.25, 0.3) is 6.08 Å². The molecular formula is C21H21FN2O4. The predicted molar refractivity (Wildman–Crippen MR) is 102 cm³/mol. The van der Waals surface area contributed by atoms with Crippen LogP contribution in [0.5, 0.6) is 0 Å². The van der Waals surface area contributed by atoms with Gasteiger partial charge >= 0.3 is 0 Å². The third-order valence-electron chi connectivity index (χ3n) is 4.50. The van der Waals surface area contributed by atoms with Crippen molar-refractivity contribution >= 4 is 17.8 Å². The van der Waals surface area contributed by atoms with Gasteiger partial charge in [0.2, 0.25) is 0 Å². The van der Waals surface area contributed by atoms with Gasteiger partial charge in [-0.2, -0.15) is 0 Å². The zero-order valence-corrected chi connectivity index (χ0v) is 15.6. The molecule has 1 aliphatic rings. The Morgan fingerprint density at radius 2 is 2.04 bits per heavy atom. The monoisotopic (exact) mass is 384 g/mol. The van der Waals surface area contributed by atoms with Crippen LogP contribution in [-0.2, 0) is 9.59 Å². The number of halogens is 1. The minimum absolute atomic E-state index is 0.142. The highest BCUT2D eigenvalue weighted by Crippen LogP contribution is 2.38. The van der Waals surface area contributed by atoms with Crippen molar-refractivity contribution in [3.8, 4) is 0 Å². The Morgan fingerprint density at radius 1 is 1.29 bits per heavy atom. The standard InChI is InChI=1S/C21H21FN2O4/c1-23(2)11-12-24-19(15-7-3-4-8-16(15)22)18(20(26)21(24)27)17(25)10-9-14-6-5-13-28-14/h3-10,13,19,26H,11-12H2,1-2H3. The number of allylic oxidation sites excluding steroid dienone is 1. The number of aliphatic hydroxyl groups is 1. The Labute approximate surface area is 162 Å². The Morgan fingerprint density at radius 3 is 2.68 bits per heavy atom. The number of likely N-dealkylation sites (N-methyl/N-ethyl adjacent to an activating group) is 1. The summed E-state index contributed by atoms with van der Waals surface area (Å²) < 4.78 is 19.7. The Balaban J connectivity index is 2.00. The van der Waals surface area contributed by atoms with Gasteiger partial charge in [0.25, 0.3) is 5.91 Å². The molecule has 1 aromatic heterocycles. The van der Waals surface area contributed by atoms with E-state index in [1.54, 1.807) is 18.2 Å². The molecule has 1 amide bonds. The summed E-state index contributed by atoms with van der Waals surface area (Å²) in [6, 6.07) is 8.27. The van der Waals surface area contributed by atoms with Crippen molar-refractivity contribution < 1.29 is 23.5 Å². The molecule has 146 valence electrons. The second-order valence-electron chi connectivity index (χ2n) is 6.70. The molecule has 0 spiro atoms. The van der Waals surface area contributed by atoms with E-state index in [0.29, 0.717) is 12.3 Å². The summed E-state index contributed by atoms with van der Waals surface area (Å²) in [4.78, 5) is 28.6. The number of hydrogen-bond acceptors (Lipinski definition) is 5. The molecule has 0 saturated carbocycles. The number of carbonyl (C=O) groups is 2. The van der Waals surface area contributed by atoms with Crippen molar-refractivity contribution in [2.75, 3.05) is 27.2 Å². The van der Waals surface area contributed by atoms with E-state index < -0.39 is 29.3 Å². The average molecular weight is 384 g/mol. The van der Waals surface area contributed by atoms with E-state index in [0.717, 1.165) is 0 Å². The maximum Gasteiger partial charge on any atom is 0.290 e. The molecular weight excluding hydrogens is 363 g/mol. The zero-order chi connectivity index (χ0) is 20.3. The first-order valence-electron chi connectivity index (χ1n) is 8.79. The maximum absolute atomic E-state index is 14.5. The smallest absolute Gasteiger partial charge is 0.290 e. The number of benzene rings is 1. The van der Waals surface area contributed by atoms with Crippen molar-refractivity contribution in [1.82, 2.24) is 9.80 Å². The molecule has 0 saturated heterocycles. The molecule has 0 aliphatic carbocycles. The summed E-state index contributed by atoms with van der Waals surface area (Å²) in [6.45, 7) is 0.723. The van der Waals surface area contributed by atoms with Gasteiger partial charge in [-0.25, -0.2) is 4.39 Å². The van der Waals surface area contributed by atoms with Gasteiger partial charge in [-0.3, -0.25) is 9.59 Å². The van der Waals surface area contributed by atoms with Crippen LogP contribution in [-0.4, -0.2) is 53.8 Å². The summed E-state index contributed by atoms with van der Waals surface area (Å²) in [6.07, 6.45) is 4.11. The van der Waals surface area contributed by atoms with Gasteiger partial charge in [0, 0.05) is 18.7 Å². The van der Waals surface area contributed by atoms with Crippen LogP contribution in [0.3, 0.4) is 0 Å². The van der Waals surface area contributed by atoms with Crippen LogP contribution in [0.15, 0.2) is 64.5 Å². The number of amides is 1. The molecule has 0 radical (unpaired) electrons. The average Bonchev–Trinajstić information content (AvgIpc) is 3.26. The van der Waals surface area contributed by atoms with Gasteiger partial charge in [0.1, 0.15) is 11.6 Å². The highest BCUT2D eigenvalue weighted by Gasteiger charge is 2.43. The second-order valence-corrected chi connectivity index (χ2v) is 6.70. The molecule has 7 heteroatoms. The van der Waals surface area contributed by atoms with Crippen molar-refractivity contribution in [2.45, 2.75) is 6.04 Å². The van der Waals surface area contributed by atoms with E-state index in [4.69, 9.17) is 4.42 Å². The largest absolute Gasteiger partial charge is 0.503 e. The highest BCUT2D eigenvalue weighted by atomic mass is 19.1. The third-order valence-corrected chi connectivity index (χ3v) is 4.50. The van der Waals surface area contributed by atoms with Crippen molar-refractivity contribution in [3.05, 3.63) is 77.2 Å². The number of carbonyl (C=O) groups excluding carboxylic acids is 2. The molecule has 2 heterocycles. The van der Waals surface area contributed by atoms with Gasteiger partial charge in [0.05, 0.1) is 17.9 Å². The Hall–Kier alpha value is -3.19. The lowest BCUT2D eigenvalue weighted by atomic mass is 9.95. The number of aliphatic hydroxyl groups excluding tert-OH is 1. The fraction of sp³-hybridized carbons (Fsp3) is 0.238. The lowest BCUT2D eigenvalue weighted by Crippen LogP contribution is -2.36. The van der Waals surface area contributed by atoms with E-state index in [2.05, 4.69) is 0 Å². The van der Waals surface area contributed by atoms with Crippen LogP contribution in [0.1, 0.15) is 17.4 Å². The lowest BCUT2D eigenvalue weighted by Gasteiger charge is -2.28. The lowest BCUT2D eigenvalue weighted by molar-refractivity contribution is -0.129. The first-order chi connectivity index (χ1) is 13.4. The highest BCUT2D eigenvalue weighted by molar-refractivity contribution is 6.14. The zero-order valence-electron chi connectivity index (χ0n) is 15.6. The molecule has 1 aromatic carbocycles. The van der Waals surface area contributed by atoms with Crippen LogP contribution in [0.2, 0.25) is 0 Å². The Kier molecular flexibility index (Phi) is 5.75. The van der Waals surface area contributed by atoms with Crippen LogP contribution in [0.4, 0.5) is 4.39 Å². The Bertz CT molecular complexity index is 932. The summed E-state index contributed by atoms with van der Waals surface area (Å²) in [7, 11) is 3.67. The van der Waals surface area contributed by atoms with Crippen LogP contribution >= 0.6 is 0 Å². The molecule has 1 aliphatic heterocycles. The molecule has 1 atom stereocenters. The molecule has 28 heavy (non-hydrogen) atoms. The van der Waals surface area contributed by atoms with Crippen LogP contribution in [0, 0.1) is 5.82 Å². The van der Waals surface area contributed by atoms with Gasteiger partial charge in [-0.1, -0.05) is 18.2 Å². The molecule has 2 aromatic rings. The van der Waals surface area contributed by atoms with Crippen molar-refractivity contribution in [1.29, 1.82) is 0 Å². The maximum atomic E-state index is 14.5. The van der Waals surface area contributed by atoms with Crippen LogP contribution < -0.4 is 0 Å². The normalized spacial score (nSPS) is 17.4. The van der Waals surface area contributed by atoms with Gasteiger partial charge < -0.3 is 19.3 Å². The molecule has 1 unspecified atom stereocenters. The van der Waals surface area contributed by atoms with E-state index >= 15 is 0 Å². The summed E-state index contributed by atoms with van der Waals surface area (Å²) in [5.41, 5.74) is 0.0186. The number of ketones is 1. The minimum Gasteiger partial charge on any atom is -0.503 e. The molecule has 0 fully saturated rings. The van der Waals surface area contributed by atoms with E-state index in [-0.39, 0.29) is 17.7 Å². The summed E-state index contributed by atoms with van der Waals surface area (Å²) in [5.74, 6) is -2.02. The van der Waals surface area contributed by atoms with Gasteiger partial charge in [-0.15, -0.1) is 0 Å². The van der Waals surface area contributed by atoms with E-state index in [1.807, 2.05) is 19.0 Å². The summed E-state index contributed by atoms with van der Waals surface area (Å²) >= 11 is 0. The van der Waals surface area contributed by atoms with E-state index in [9.17, 15) is 19.1 Å². The molecule has 0 bridgehead atoms. The molecule has 1 N–H and O–H groups in total. The number of nitrogens with zero attached hydrogens (tertiary/aromatic N) is 2. The fourth-order valence-corrected chi connectivity index (χ4v) is 3.10. The first kappa shape index (κ1) is 19.6. The third kappa shape index (κ3) is 3.89. The minimum atomic E-state index is -0.998. The molecule has 3 rings (SSSR count). The number of furan rings is 1. The van der Waals surface area contributed by atoms with Crippen molar-refractivity contribution in [3.63, 3.8) is 0 Å². The topological polar surface area (TPSA) is 74.0 Å². The predicted octanol–water partition coefficient (Wildman–Crippen LogP) is 2.96. The van der Waals surface area contributed by atoms with Gasteiger partial charge in [-0.05, 0) is 44.4 Å². The SMILES string of the molecule is CN(C)CCN1C(=O)C(O)=C(C(=O)C=Cc2ccco2)C1c1ccccc1F. The van der Waals surface area contributed by atoms with Crippen molar-refractivity contribution in [2.24, 2.45) is 0 Å². The number of hydrogen-bond donors (Lipinski definition) is 1. The number of rotatable bonds is 7. The molecule has 6 nitrogen and oxygen atoms in total. The summed E-state index contributed by atoms with van der Waals surface area (Å²) in [5, 5.41) is 10.4. The first-order valence-corrected chi connectivity index (χ1v) is 8.79. The van der Waals surface area contributed by atoms with Gasteiger partial charge in [0.15, 0.2) is 11.5 Å².